The largest absolute Gasteiger partial charge is 0.462 e. The van der Waals surface area contributed by atoms with Crippen LogP contribution in [0.5, 0.6) is 0 Å². The number of allylic oxidation sites excluding steroid dienone is 8. The number of hydrogen-bond donors (Lipinski definition) is 0. The van der Waals surface area contributed by atoms with Gasteiger partial charge in [-0.25, -0.2) is 0 Å². The fraction of sp³-hybridized carbons (Fsp3) is 0.825. The van der Waals surface area contributed by atoms with Gasteiger partial charge >= 0.3 is 17.9 Å². The van der Waals surface area contributed by atoms with Crippen LogP contribution in [-0.2, 0) is 28.6 Å². The van der Waals surface area contributed by atoms with Crippen molar-refractivity contribution in [2.45, 2.75) is 322 Å². The highest BCUT2D eigenvalue weighted by molar-refractivity contribution is 5.71. The number of esters is 3. The summed E-state index contributed by atoms with van der Waals surface area (Å²) >= 11 is 0. The number of unbranched alkanes of at least 4 members (excludes halogenated alkanes) is 36. The van der Waals surface area contributed by atoms with Crippen molar-refractivity contribution >= 4 is 17.9 Å². The monoisotopic (exact) mass is 967 g/mol. The van der Waals surface area contributed by atoms with Crippen molar-refractivity contribution in [3.63, 3.8) is 0 Å². The lowest BCUT2D eigenvalue weighted by Crippen LogP contribution is -2.30. The summed E-state index contributed by atoms with van der Waals surface area (Å²) in [7, 11) is 0. The molecule has 402 valence electrons. The lowest BCUT2D eigenvalue weighted by atomic mass is 10.0. The Labute approximate surface area is 428 Å². The summed E-state index contributed by atoms with van der Waals surface area (Å²) in [5.74, 6) is -0.896. The fourth-order valence-corrected chi connectivity index (χ4v) is 8.74. The van der Waals surface area contributed by atoms with E-state index in [1.165, 1.54) is 180 Å². The van der Waals surface area contributed by atoms with Gasteiger partial charge in [0.15, 0.2) is 6.10 Å². The normalized spacial score (nSPS) is 12.3. The van der Waals surface area contributed by atoms with Crippen LogP contribution in [0.25, 0.3) is 0 Å². The Morgan fingerprint density at radius 3 is 0.870 bits per heavy atom. The molecule has 0 aromatic carbocycles. The van der Waals surface area contributed by atoms with Gasteiger partial charge < -0.3 is 14.2 Å². The smallest absolute Gasteiger partial charge is 0.306 e. The van der Waals surface area contributed by atoms with Crippen molar-refractivity contribution in [1.82, 2.24) is 0 Å². The maximum Gasteiger partial charge on any atom is 0.306 e. The summed E-state index contributed by atoms with van der Waals surface area (Å²) in [5, 5.41) is 0. The number of hydrogen-bond acceptors (Lipinski definition) is 6. The van der Waals surface area contributed by atoms with Gasteiger partial charge in [-0.3, -0.25) is 14.4 Å². The Morgan fingerprint density at radius 2 is 0.522 bits per heavy atom. The molecule has 0 N–H and O–H groups in total. The van der Waals surface area contributed by atoms with Crippen LogP contribution in [0.3, 0.4) is 0 Å². The van der Waals surface area contributed by atoms with Crippen LogP contribution in [0.15, 0.2) is 48.6 Å². The van der Waals surface area contributed by atoms with Crippen molar-refractivity contribution in [2.75, 3.05) is 13.2 Å². The first-order valence-electron chi connectivity index (χ1n) is 30.1. The van der Waals surface area contributed by atoms with E-state index in [2.05, 4.69) is 69.4 Å². The number of ether oxygens (including phenoxy) is 3. The van der Waals surface area contributed by atoms with Crippen LogP contribution in [0.2, 0.25) is 0 Å². The van der Waals surface area contributed by atoms with Crippen LogP contribution >= 0.6 is 0 Å². The van der Waals surface area contributed by atoms with E-state index in [0.717, 1.165) is 96.3 Å². The van der Waals surface area contributed by atoms with E-state index in [1.54, 1.807) is 0 Å². The molecule has 0 saturated heterocycles. The molecule has 0 aliphatic carbocycles. The summed E-state index contributed by atoms with van der Waals surface area (Å²) < 4.78 is 16.9. The highest BCUT2D eigenvalue weighted by atomic mass is 16.6. The molecule has 0 radical (unpaired) electrons. The molecular formula is C63H114O6. The lowest BCUT2D eigenvalue weighted by Gasteiger charge is -2.18. The minimum Gasteiger partial charge on any atom is -0.462 e. The molecule has 6 heteroatoms. The molecule has 0 rings (SSSR count). The van der Waals surface area contributed by atoms with Gasteiger partial charge in [0.05, 0.1) is 0 Å². The SMILES string of the molecule is CCCCC/C=C\C/C=C\C/C=C\CCCCCCC(=O)OC[C@H](COC(=O)CCCCCCCCCCCCCCCCCCCCCCC)OC(=O)CCCCCCC/C=C\CCCCCC. The molecule has 0 aromatic rings. The van der Waals surface area contributed by atoms with Gasteiger partial charge in [-0.05, 0) is 83.5 Å². The Hall–Kier alpha value is -2.63. The second-order valence-corrected chi connectivity index (χ2v) is 20.3. The third-order valence-corrected chi connectivity index (χ3v) is 13.3. The molecule has 0 unspecified atom stereocenters. The fourth-order valence-electron chi connectivity index (χ4n) is 8.74. The van der Waals surface area contributed by atoms with Crippen molar-refractivity contribution in [3.8, 4) is 0 Å². The summed E-state index contributed by atoms with van der Waals surface area (Å²) in [6, 6.07) is 0. The molecule has 0 amide bonds. The van der Waals surface area contributed by atoms with E-state index in [0.29, 0.717) is 19.3 Å². The maximum absolute atomic E-state index is 12.8. The maximum atomic E-state index is 12.8. The number of rotatable bonds is 55. The topological polar surface area (TPSA) is 78.9 Å². The molecule has 0 heterocycles. The van der Waals surface area contributed by atoms with Gasteiger partial charge in [-0.15, -0.1) is 0 Å². The molecule has 1 atom stereocenters. The van der Waals surface area contributed by atoms with Crippen LogP contribution < -0.4 is 0 Å². The molecule has 0 spiro atoms. The summed E-state index contributed by atoms with van der Waals surface area (Å²) in [6.07, 6.45) is 71.1. The van der Waals surface area contributed by atoms with Crippen LogP contribution in [-0.4, -0.2) is 37.2 Å². The Morgan fingerprint density at radius 1 is 0.290 bits per heavy atom. The average Bonchev–Trinajstić information content (AvgIpc) is 3.35. The van der Waals surface area contributed by atoms with Crippen molar-refractivity contribution < 1.29 is 28.6 Å². The summed E-state index contributed by atoms with van der Waals surface area (Å²) in [6.45, 7) is 6.61. The van der Waals surface area contributed by atoms with Crippen molar-refractivity contribution in [3.05, 3.63) is 48.6 Å². The Kier molecular flexibility index (Phi) is 55.7. The van der Waals surface area contributed by atoms with E-state index in [1.807, 2.05) is 0 Å². The molecular weight excluding hydrogens is 853 g/mol. The molecule has 0 fully saturated rings. The zero-order valence-corrected chi connectivity index (χ0v) is 46.1. The van der Waals surface area contributed by atoms with E-state index in [9.17, 15) is 14.4 Å². The molecule has 6 nitrogen and oxygen atoms in total. The number of carbonyl (C=O) groups excluding carboxylic acids is 3. The van der Waals surface area contributed by atoms with Crippen LogP contribution in [0, 0.1) is 0 Å². The quantitative estimate of drug-likeness (QED) is 0.0262. The highest BCUT2D eigenvalue weighted by Gasteiger charge is 2.19. The third-order valence-electron chi connectivity index (χ3n) is 13.3. The first-order chi connectivity index (χ1) is 34.0. The zero-order chi connectivity index (χ0) is 50.0. The third kappa shape index (κ3) is 56.2. The van der Waals surface area contributed by atoms with Gasteiger partial charge in [0.1, 0.15) is 13.2 Å². The Bertz CT molecular complexity index is 1200. The van der Waals surface area contributed by atoms with Gasteiger partial charge in [0, 0.05) is 19.3 Å². The highest BCUT2D eigenvalue weighted by Crippen LogP contribution is 2.17. The Balaban J connectivity index is 4.32. The van der Waals surface area contributed by atoms with Gasteiger partial charge in [-0.2, -0.15) is 0 Å². The first-order valence-corrected chi connectivity index (χ1v) is 30.1. The van der Waals surface area contributed by atoms with Crippen molar-refractivity contribution in [1.29, 1.82) is 0 Å². The lowest BCUT2D eigenvalue weighted by molar-refractivity contribution is -0.167. The number of carbonyl (C=O) groups is 3. The van der Waals surface area contributed by atoms with E-state index in [-0.39, 0.29) is 31.1 Å². The van der Waals surface area contributed by atoms with Gasteiger partial charge in [0.25, 0.3) is 0 Å². The molecule has 0 aliphatic heterocycles. The van der Waals surface area contributed by atoms with Gasteiger partial charge in [0.2, 0.25) is 0 Å². The summed E-state index contributed by atoms with van der Waals surface area (Å²) in [5.41, 5.74) is 0. The van der Waals surface area contributed by atoms with Crippen LogP contribution in [0.1, 0.15) is 316 Å². The minimum atomic E-state index is -0.785. The van der Waals surface area contributed by atoms with Gasteiger partial charge in [-0.1, -0.05) is 262 Å². The van der Waals surface area contributed by atoms with Crippen LogP contribution in [0.4, 0.5) is 0 Å². The predicted octanol–water partition coefficient (Wildman–Crippen LogP) is 20.2. The van der Waals surface area contributed by atoms with E-state index < -0.39 is 6.10 Å². The standard InChI is InChI=1S/C63H114O6/c1-4-7-10-13-16-19-22-25-27-29-30-31-32-34-36-39-41-44-47-50-53-56-62(65)68-59-60(69-63(66)57-54-51-48-45-42-37-24-21-18-15-12-9-6-3)58-67-61(64)55-52-49-46-43-40-38-35-33-28-26-23-20-17-14-11-8-5-2/h17,20-21,24,26,28,35,38,60H,4-16,18-19,22-23,25,27,29-34,36-37,39-59H2,1-3H3/b20-17-,24-21-,28-26-,38-35-/t60-/m1/s1. The summed E-state index contributed by atoms with van der Waals surface area (Å²) in [4.78, 5) is 38.2. The minimum absolute atomic E-state index is 0.0806. The predicted molar refractivity (Wildman–Crippen MR) is 298 cm³/mol. The van der Waals surface area contributed by atoms with E-state index in [4.69, 9.17) is 14.2 Å². The van der Waals surface area contributed by atoms with E-state index >= 15 is 0 Å². The molecule has 69 heavy (non-hydrogen) atoms. The first kappa shape index (κ1) is 66.4. The molecule has 0 saturated carbocycles. The second kappa shape index (κ2) is 57.9. The zero-order valence-electron chi connectivity index (χ0n) is 46.1. The molecule has 0 aliphatic rings. The molecule has 0 bridgehead atoms. The average molecular weight is 968 g/mol. The second-order valence-electron chi connectivity index (χ2n) is 20.3. The molecule has 0 aromatic heterocycles. The van der Waals surface area contributed by atoms with Crippen molar-refractivity contribution in [2.24, 2.45) is 0 Å².